The van der Waals surface area contributed by atoms with E-state index in [0.29, 0.717) is 6.42 Å². The summed E-state index contributed by atoms with van der Waals surface area (Å²) in [6.45, 7) is 14.8. The van der Waals surface area contributed by atoms with E-state index in [4.69, 9.17) is 10.2 Å². The number of carbonyl (C=O) groups is 1. The third-order valence-electron chi connectivity index (χ3n) is 3.74. The number of hydrogen-bond acceptors (Lipinski definition) is 4. The van der Waals surface area contributed by atoms with Crippen molar-refractivity contribution < 1.29 is 33.9 Å². The van der Waals surface area contributed by atoms with Crippen molar-refractivity contribution in [3.63, 3.8) is 0 Å². The van der Waals surface area contributed by atoms with Crippen molar-refractivity contribution in [3.8, 4) is 0 Å². The van der Waals surface area contributed by atoms with Crippen LogP contribution >= 0.6 is 0 Å². The molecule has 27 heavy (non-hydrogen) atoms. The van der Waals surface area contributed by atoms with E-state index in [1.807, 2.05) is 0 Å². The first-order chi connectivity index (χ1) is 12.3. The van der Waals surface area contributed by atoms with Gasteiger partial charge in [-0.2, -0.15) is 12.8 Å². The number of nitrogens with zero attached hydrogens (tertiary/aromatic N) is 1. The molecule has 0 aliphatic carbocycles. The van der Waals surface area contributed by atoms with E-state index < -0.39 is 12.1 Å². The molecule has 1 aromatic rings. The van der Waals surface area contributed by atoms with Gasteiger partial charge in [-0.15, -0.1) is 0 Å². The number of unbranched alkanes of at least 4 members (excludes halogenated alkanes) is 2. The maximum atomic E-state index is 9.89. The summed E-state index contributed by atoms with van der Waals surface area (Å²) >= 11 is 0. The number of aliphatic hydroxyl groups excluding tert-OH is 1. The summed E-state index contributed by atoms with van der Waals surface area (Å²) in [4.78, 5) is 14.5. The Kier molecular flexibility index (Phi) is 17.9. The molecule has 6 heteroatoms. The van der Waals surface area contributed by atoms with Crippen LogP contribution in [0.2, 0.25) is 0 Å². The van der Waals surface area contributed by atoms with Gasteiger partial charge in [0.15, 0.2) is 0 Å². The van der Waals surface area contributed by atoms with Gasteiger partial charge in [0, 0.05) is 18.2 Å². The number of carboxylic acids is 1. The Labute approximate surface area is 177 Å². The van der Waals surface area contributed by atoms with Gasteiger partial charge in [0.1, 0.15) is 5.82 Å². The minimum Gasteiger partial charge on any atom is -0.481 e. The van der Waals surface area contributed by atoms with Crippen LogP contribution in [0.5, 0.6) is 0 Å². The largest absolute Gasteiger partial charge is 1.00 e. The third-order valence-corrected chi connectivity index (χ3v) is 3.74. The summed E-state index contributed by atoms with van der Waals surface area (Å²) < 4.78 is 0. The Morgan fingerprint density at radius 2 is 1.93 bits per heavy atom. The van der Waals surface area contributed by atoms with E-state index in [-0.39, 0.29) is 24.8 Å². The summed E-state index contributed by atoms with van der Waals surface area (Å²) in [6, 6.07) is 4.41. The van der Waals surface area contributed by atoms with Crippen molar-refractivity contribution >= 4 is 11.8 Å². The van der Waals surface area contributed by atoms with Gasteiger partial charge in [0.25, 0.3) is 0 Å². The average molecular weight is 370 g/mol. The van der Waals surface area contributed by atoms with E-state index in [1.54, 1.807) is 13.8 Å². The fourth-order valence-corrected chi connectivity index (χ4v) is 2.11. The van der Waals surface area contributed by atoms with Crippen LogP contribution in [0.15, 0.2) is 12.1 Å². The van der Waals surface area contributed by atoms with Gasteiger partial charge < -0.3 is 36.3 Å². The molecule has 2 rings (SSSR count). The number of hydrogen-bond donors (Lipinski definition) is 3. The molecule has 0 radical (unpaired) electrons. The molecule has 2 heterocycles. The van der Waals surface area contributed by atoms with E-state index in [2.05, 4.69) is 43.2 Å². The maximum Gasteiger partial charge on any atom is 1.00 e. The Bertz CT molecular complexity index is 507. The van der Waals surface area contributed by atoms with E-state index in [9.17, 15) is 4.79 Å². The molecule has 0 saturated heterocycles. The monoisotopic (exact) mass is 370 g/mol. The molecule has 3 N–H and O–H groups in total. The molecule has 1 unspecified atom stereocenters. The first kappa shape index (κ1) is 28.2. The second-order valence-corrected chi connectivity index (χ2v) is 6.53. The molecule has 0 saturated carbocycles. The molecule has 0 bridgehead atoms. The Hall–Kier alpha value is -1.02. The van der Waals surface area contributed by atoms with Crippen LogP contribution in [-0.4, -0.2) is 33.8 Å². The van der Waals surface area contributed by atoms with Gasteiger partial charge >= 0.3 is 24.8 Å². The zero-order valence-corrected chi connectivity index (χ0v) is 17.3. The number of nitrogens with one attached hydrogen (secondary N) is 1. The minimum atomic E-state index is -0.769. The minimum absolute atomic E-state index is 0. The van der Waals surface area contributed by atoms with Crippen molar-refractivity contribution in [1.29, 1.82) is 0 Å². The molecule has 1 aliphatic heterocycles. The molecule has 0 fully saturated rings. The Morgan fingerprint density at radius 1 is 1.30 bits per heavy atom. The first-order valence-electron chi connectivity index (χ1n) is 9.36. The van der Waals surface area contributed by atoms with E-state index in [1.165, 1.54) is 36.9 Å². The Balaban J connectivity index is 0. The summed E-state index contributed by atoms with van der Waals surface area (Å²) in [5.41, 5.74) is 2.60. The standard InChI is InChI=1S/C13H19N2.C5H9O2.C3H7O.Li/c1-2-3-4-7-12-9-8-11-6-5-10-14-13(11)15-12;1-3-4(2)5(6)7;1-3(2)4;/h8-9H,1-7,10H2,(H,14,15);4H,1,3H2,2H3,(H,6,7);3-4H,1H2,2H3;/q3*-1;+1/t;4-;;/m.0../s1. The number of aryl methyl sites for hydroxylation is 2. The quantitative estimate of drug-likeness (QED) is 0.397. The number of rotatable bonds is 6. The molecule has 0 aromatic carbocycles. The predicted molar refractivity (Wildman–Crippen MR) is 108 cm³/mol. The molecule has 0 spiro atoms. The summed E-state index contributed by atoms with van der Waals surface area (Å²) in [6.07, 6.45) is 6.98. The average Bonchev–Trinajstić information content (AvgIpc) is 2.61. The maximum absolute atomic E-state index is 9.89. The van der Waals surface area contributed by atoms with Crippen LogP contribution in [0, 0.1) is 26.7 Å². The Morgan fingerprint density at radius 3 is 2.41 bits per heavy atom. The number of aromatic nitrogens is 1. The number of pyridine rings is 1. The predicted octanol–water partition coefficient (Wildman–Crippen LogP) is 1.12. The van der Waals surface area contributed by atoms with Crippen molar-refractivity contribution in [2.75, 3.05) is 11.9 Å². The molecule has 1 aromatic heterocycles. The van der Waals surface area contributed by atoms with Gasteiger partial charge in [0.2, 0.25) is 0 Å². The number of anilines is 1. The molecule has 0 amide bonds. The molecular weight excluding hydrogens is 335 g/mol. The SMILES string of the molecule is [CH2-]C(C)O.[CH2-]CCCCc1ccc2c(n1)NCCC2.[CH2-]C[C@H](C)C(=O)O.[Li+]. The first-order valence-corrected chi connectivity index (χ1v) is 9.36. The zero-order chi connectivity index (χ0) is 19.9. The molecule has 2 atom stereocenters. The van der Waals surface area contributed by atoms with Crippen LogP contribution < -0.4 is 24.2 Å². The summed E-state index contributed by atoms with van der Waals surface area (Å²) in [5, 5.41) is 19.5. The molecular formula is C21H35LiN2O3-2. The van der Waals surface area contributed by atoms with Crippen molar-refractivity contribution in [2.24, 2.45) is 5.92 Å². The van der Waals surface area contributed by atoms with Gasteiger partial charge in [-0.3, -0.25) is 4.79 Å². The van der Waals surface area contributed by atoms with Gasteiger partial charge in [-0.05, 0) is 30.9 Å². The number of aliphatic hydroxyl groups is 1. The van der Waals surface area contributed by atoms with Crippen LogP contribution in [0.1, 0.15) is 57.2 Å². The fraction of sp³-hybridized carbons (Fsp3) is 0.571. The van der Waals surface area contributed by atoms with Crippen molar-refractivity contribution in [3.05, 3.63) is 44.2 Å². The van der Waals surface area contributed by atoms with E-state index >= 15 is 0 Å². The van der Waals surface area contributed by atoms with Crippen LogP contribution in [0.3, 0.4) is 0 Å². The van der Waals surface area contributed by atoms with Gasteiger partial charge in [0.05, 0.1) is 0 Å². The molecule has 5 nitrogen and oxygen atoms in total. The van der Waals surface area contributed by atoms with Crippen molar-refractivity contribution in [1.82, 2.24) is 4.98 Å². The third kappa shape index (κ3) is 14.7. The van der Waals surface area contributed by atoms with Crippen LogP contribution in [-0.2, 0) is 17.6 Å². The summed E-state index contributed by atoms with van der Waals surface area (Å²) in [7, 11) is 0. The smallest absolute Gasteiger partial charge is 0.481 e. The summed E-state index contributed by atoms with van der Waals surface area (Å²) in [5.74, 6) is 0.0587. The fourth-order valence-electron chi connectivity index (χ4n) is 2.11. The van der Waals surface area contributed by atoms with Crippen molar-refractivity contribution in [2.45, 2.75) is 64.9 Å². The van der Waals surface area contributed by atoms with Crippen LogP contribution in [0.25, 0.3) is 0 Å². The van der Waals surface area contributed by atoms with Gasteiger partial charge in [-0.25, -0.2) is 4.98 Å². The van der Waals surface area contributed by atoms with Crippen LogP contribution in [0.4, 0.5) is 5.82 Å². The van der Waals surface area contributed by atoms with E-state index in [0.717, 1.165) is 25.2 Å². The topological polar surface area (TPSA) is 82.5 Å². The number of carboxylic acid groups (broad SMARTS) is 1. The molecule has 1 aliphatic rings. The molecule has 150 valence electrons. The number of aliphatic carboxylic acids is 1. The van der Waals surface area contributed by atoms with Gasteiger partial charge in [-0.1, -0.05) is 38.9 Å². The second-order valence-electron chi connectivity index (χ2n) is 6.53. The normalized spacial score (nSPS) is 13.9. The second kappa shape index (κ2) is 17.1. The zero-order valence-electron chi connectivity index (χ0n) is 17.3. The number of fused-ring (bicyclic) bond motifs is 1.